The van der Waals surface area contributed by atoms with Crippen molar-refractivity contribution in [3.8, 4) is 0 Å². The molecule has 2 aromatic rings. The number of nitro groups is 1. The minimum Gasteiger partial charge on any atom is -0.372 e. The molecule has 0 amide bonds. The van der Waals surface area contributed by atoms with E-state index in [4.69, 9.17) is 23.2 Å². The number of rotatable bonds is 4. The molecule has 1 N–H and O–H groups in total. The van der Waals surface area contributed by atoms with Gasteiger partial charge < -0.3 is 5.32 Å². The molecule has 0 saturated heterocycles. The second-order valence-electron chi connectivity index (χ2n) is 4.05. The summed E-state index contributed by atoms with van der Waals surface area (Å²) in [5.74, 6) is -0.712. The van der Waals surface area contributed by atoms with Crippen LogP contribution in [0, 0.1) is 15.9 Å². The van der Waals surface area contributed by atoms with Crippen LogP contribution < -0.4 is 5.32 Å². The van der Waals surface area contributed by atoms with Crippen molar-refractivity contribution < 1.29 is 9.31 Å². The van der Waals surface area contributed by atoms with Gasteiger partial charge in [-0.1, -0.05) is 23.2 Å². The Morgan fingerprint density at radius 3 is 2.65 bits per heavy atom. The first-order chi connectivity index (χ1) is 9.38. The molecule has 1 unspecified atom stereocenters. The third kappa shape index (κ3) is 3.20. The molecule has 0 aliphatic heterocycles. The second kappa shape index (κ2) is 5.95. The van der Waals surface area contributed by atoms with Gasteiger partial charge in [0.1, 0.15) is 11.5 Å². The summed E-state index contributed by atoms with van der Waals surface area (Å²) in [5, 5.41) is 13.6. The van der Waals surface area contributed by atoms with Crippen LogP contribution >= 0.6 is 34.5 Å². The lowest BCUT2D eigenvalue weighted by atomic mass is 10.2. The number of nitro benzene ring substituents is 1. The van der Waals surface area contributed by atoms with Gasteiger partial charge in [0, 0.05) is 17.0 Å². The molecule has 8 heteroatoms. The van der Waals surface area contributed by atoms with Gasteiger partial charge in [-0.2, -0.15) is 0 Å². The average molecular weight is 335 g/mol. The summed E-state index contributed by atoms with van der Waals surface area (Å²) in [6.07, 6.45) is 0. The van der Waals surface area contributed by atoms with Crippen LogP contribution in [0.3, 0.4) is 0 Å². The summed E-state index contributed by atoms with van der Waals surface area (Å²) >= 11 is 12.8. The van der Waals surface area contributed by atoms with Crippen molar-refractivity contribution in [2.75, 3.05) is 5.32 Å². The molecule has 4 nitrogen and oxygen atoms in total. The van der Waals surface area contributed by atoms with Crippen molar-refractivity contribution in [3.63, 3.8) is 0 Å². The first-order valence-corrected chi connectivity index (χ1v) is 7.11. The van der Waals surface area contributed by atoms with Gasteiger partial charge in [-0.05, 0) is 19.1 Å². The van der Waals surface area contributed by atoms with E-state index < -0.39 is 10.7 Å². The molecule has 1 heterocycles. The molecule has 1 aromatic heterocycles. The molecule has 0 spiro atoms. The molecule has 0 aliphatic rings. The molecular formula is C12H9Cl2FN2O2S. The van der Waals surface area contributed by atoms with Crippen LogP contribution in [0.1, 0.15) is 17.8 Å². The maximum absolute atomic E-state index is 13.5. The summed E-state index contributed by atoms with van der Waals surface area (Å²) in [6, 6.07) is 5.31. The fraction of sp³-hybridized carbons (Fsp3) is 0.167. The molecule has 0 aliphatic carbocycles. The van der Waals surface area contributed by atoms with Gasteiger partial charge in [0.25, 0.3) is 5.69 Å². The van der Waals surface area contributed by atoms with Crippen molar-refractivity contribution in [3.05, 3.63) is 54.4 Å². The Labute approximate surface area is 128 Å². The third-order valence-electron chi connectivity index (χ3n) is 2.63. The van der Waals surface area contributed by atoms with Gasteiger partial charge in [-0.15, -0.1) is 11.3 Å². The Bertz CT molecular complexity index is 663. The van der Waals surface area contributed by atoms with Crippen molar-refractivity contribution >= 4 is 45.9 Å². The van der Waals surface area contributed by atoms with Crippen LogP contribution in [-0.4, -0.2) is 4.92 Å². The maximum atomic E-state index is 13.5. The SMILES string of the molecule is CC(Nc1cc(F)c(Cl)cc1[N+](=O)[O-])c1ccc(Cl)s1. The van der Waals surface area contributed by atoms with Crippen LogP contribution in [0.5, 0.6) is 0 Å². The standard InChI is InChI=1S/C12H9Cl2FN2O2S/c1-6(11-2-3-12(14)20-11)16-9-5-8(15)7(13)4-10(9)17(18)19/h2-6,16H,1H3. The van der Waals surface area contributed by atoms with E-state index in [1.807, 2.05) is 6.07 Å². The molecular weight excluding hydrogens is 326 g/mol. The highest BCUT2D eigenvalue weighted by Crippen LogP contribution is 2.34. The quantitative estimate of drug-likeness (QED) is 0.611. The predicted molar refractivity (Wildman–Crippen MR) is 79.4 cm³/mol. The van der Waals surface area contributed by atoms with E-state index in [2.05, 4.69) is 5.32 Å². The number of thiophene rings is 1. The lowest BCUT2D eigenvalue weighted by Gasteiger charge is -2.14. The first-order valence-electron chi connectivity index (χ1n) is 5.53. The minimum absolute atomic E-state index is 0.0777. The van der Waals surface area contributed by atoms with Crippen LogP contribution in [-0.2, 0) is 0 Å². The van der Waals surface area contributed by atoms with Crippen LogP contribution in [0.25, 0.3) is 0 Å². The van der Waals surface area contributed by atoms with Gasteiger partial charge in [-0.3, -0.25) is 10.1 Å². The average Bonchev–Trinajstić information content (AvgIpc) is 2.80. The van der Waals surface area contributed by atoms with Crippen molar-refractivity contribution in [2.45, 2.75) is 13.0 Å². The summed E-state index contributed by atoms with van der Waals surface area (Å²) in [5.41, 5.74) is -0.195. The zero-order valence-corrected chi connectivity index (χ0v) is 12.5. The largest absolute Gasteiger partial charge is 0.372 e. The Morgan fingerprint density at radius 2 is 2.10 bits per heavy atom. The normalized spacial score (nSPS) is 12.2. The van der Waals surface area contributed by atoms with Crippen molar-refractivity contribution in [2.24, 2.45) is 0 Å². The topological polar surface area (TPSA) is 55.2 Å². The van der Waals surface area contributed by atoms with E-state index in [1.54, 1.807) is 13.0 Å². The zero-order chi connectivity index (χ0) is 14.9. The Hall–Kier alpha value is -1.37. The molecule has 1 atom stereocenters. The van der Waals surface area contributed by atoms with Crippen LogP contribution in [0.15, 0.2) is 24.3 Å². The van der Waals surface area contributed by atoms with Crippen molar-refractivity contribution in [1.29, 1.82) is 0 Å². The van der Waals surface area contributed by atoms with E-state index >= 15 is 0 Å². The number of nitrogens with one attached hydrogen (secondary N) is 1. The van der Waals surface area contributed by atoms with Crippen LogP contribution in [0.4, 0.5) is 15.8 Å². The van der Waals surface area contributed by atoms with Gasteiger partial charge in [0.2, 0.25) is 0 Å². The molecule has 20 heavy (non-hydrogen) atoms. The number of hydrogen-bond acceptors (Lipinski definition) is 4. The van der Waals surface area contributed by atoms with E-state index in [0.717, 1.165) is 17.0 Å². The summed E-state index contributed by atoms with van der Waals surface area (Å²) in [4.78, 5) is 11.3. The highest BCUT2D eigenvalue weighted by molar-refractivity contribution is 7.16. The van der Waals surface area contributed by atoms with Crippen molar-refractivity contribution in [1.82, 2.24) is 0 Å². The Morgan fingerprint density at radius 1 is 1.40 bits per heavy atom. The Balaban J connectivity index is 2.33. The maximum Gasteiger partial charge on any atom is 0.294 e. The van der Waals surface area contributed by atoms with Crippen LogP contribution in [0.2, 0.25) is 9.36 Å². The molecule has 106 valence electrons. The lowest BCUT2D eigenvalue weighted by molar-refractivity contribution is -0.384. The third-order valence-corrected chi connectivity index (χ3v) is 4.33. The summed E-state index contributed by atoms with van der Waals surface area (Å²) in [6.45, 7) is 1.80. The zero-order valence-electron chi connectivity index (χ0n) is 10.2. The predicted octanol–water partition coefficient (Wildman–Crippen LogP) is 5.28. The van der Waals surface area contributed by atoms with Gasteiger partial charge >= 0.3 is 0 Å². The number of hydrogen-bond donors (Lipinski definition) is 1. The summed E-state index contributed by atoms with van der Waals surface area (Å²) < 4.78 is 14.1. The fourth-order valence-electron chi connectivity index (χ4n) is 1.67. The summed E-state index contributed by atoms with van der Waals surface area (Å²) in [7, 11) is 0. The molecule has 0 saturated carbocycles. The van der Waals surface area contributed by atoms with E-state index in [-0.39, 0.29) is 22.4 Å². The number of anilines is 1. The molecule has 0 radical (unpaired) electrons. The fourth-order valence-corrected chi connectivity index (χ4v) is 2.89. The van der Waals surface area contributed by atoms with Gasteiger partial charge in [-0.25, -0.2) is 4.39 Å². The molecule has 0 bridgehead atoms. The number of benzene rings is 1. The van der Waals surface area contributed by atoms with E-state index in [9.17, 15) is 14.5 Å². The number of nitrogens with zero attached hydrogens (tertiary/aromatic N) is 1. The molecule has 0 fully saturated rings. The first kappa shape index (κ1) is 15.0. The van der Waals surface area contributed by atoms with E-state index in [1.165, 1.54) is 11.3 Å². The molecule has 2 rings (SSSR count). The minimum atomic E-state index is -0.712. The van der Waals surface area contributed by atoms with Gasteiger partial charge in [0.05, 0.1) is 20.3 Å². The smallest absolute Gasteiger partial charge is 0.294 e. The monoisotopic (exact) mass is 334 g/mol. The molecule has 1 aromatic carbocycles. The van der Waals surface area contributed by atoms with E-state index in [0.29, 0.717) is 4.34 Å². The number of halogens is 3. The highest BCUT2D eigenvalue weighted by Gasteiger charge is 2.20. The lowest BCUT2D eigenvalue weighted by Crippen LogP contribution is -2.07. The Kier molecular flexibility index (Phi) is 4.47. The highest BCUT2D eigenvalue weighted by atomic mass is 35.5. The van der Waals surface area contributed by atoms with Gasteiger partial charge in [0.15, 0.2) is 0 Å². The second-order valence-corrected chi connectivity index (χ2v) is 6.20.